The number of Topliss-reactive ketones (excluding diaryl/α,β-unsaturated/α-hetero) is 1. The molecule has 0 aliphatic rings. The first-order valence-electron chi connectivity index (χ1n) is 7.06. The zero-order chi connectivity index (χ0) is 16.8. The number of carbonyl (C=O) groups is 2. The minimum atomic E-state index is -0.142. The van der Waals surface area contributed by atoms with Crippen molar-refractivity contribution in [3.63, 3.8) is 0 Å². The zero-order valence-corrected chi connectivity index (χ0v) is 14.0. The molecule has 1 amide bonds. The van der Waals surface area contributed by atoms with Crippen LogP contribution in [-0.4, -0.2) is 18.2 Å². The molecule has 0 saturated carbocycles. The second-order valence-corrected chi connectivity index (χ2v) is 5.77. The van der Waals surface area contributed by atoms with Gasteiger partial charge in [0.05, 0.1) is 15.7 Å². The Morgan fingerprint density at radius 1 is 1.00 bits per heavy atom. The Morgan fingerprint density at radius 2 is 1.61 bits per heavy atom. The van der Waals surface area contributed by atoms with E-state index < -0.39 is 0 Å². The summed E-state index contributed by atoms with van der Waals surface area (Å²) in [6, 6.07) is 12.0. The van der Waals surface area contributed by atoms with Gasteiger partial charge in [0.25, 0.3) is 0 Å². The SMILES string of the molecule is CC(=O)c1ccc(NC(=O)CCNc2c(Cl)cccc2Cl)cc1. The van der Waals surface area contributed by atoms with E-state index >= 15 is 0 Å². The van der Waals surface area contributed by atoms with Crippen molar-refractivity contribution in [3.8, 4) is 0 Å². The summed E-state index contributed by atoms with van der Waals surface area (Å²) in [5.74, 6) is -0.153. The molecule has 0 saturated heterocycles. The Kier molecular flexibility index (Phi) is 6.02. The van der Waals surface area contributed by atoms with Crippen LogP contribution < -0.4 is 10.6 Å². The van der Waals surface area contributed by atoms with Crippen LogP contribution in [0.5, 0.6) is 0 Å². The first-order valence-corrected chi connectivity index (χ1v) is 7.81. The fourth-order valence-electron chi connectivity index (χ4n) is 1.98. The molecule has 2 rings (SSSR count). The average Bonchev–Trinajstić information content (AvgIpc) is 2.51. The van der Waals surface area contributed by atoms with E-state index in [1.54, 1.807) is 42.5 Å². The number of halogens is 2. The molecule has 2 N–H and O–H groups in total. The molecular weight excluding hydrogens is 335 g/mol. The van der Waals surface area contributed by atoms with Crippen LogP contribution in [-0.2, 0) is 4.79 Å². The van der Waals surface area contributed by atoms with Crippen LogP contribution in [0.4, 0.5) is 11.4 Å². The monoisotopic (exact) mass is 350 g/mol. The van der Waals surface area contributed by atoms with E-state index in [0.29, 0.717) is 33.5 Å². The Labute approximate surface area is 144 Å². The van der Waals surface area contributed by atoms with Crippen molar-refractivity contribution in [2.75, 3.05) is 17.2 Å². The van der Waals surface area contributed by atoms with Gasteiger partial charge in [-0.1, -0.05) is 29.3 Å². The highest BCUT2D eigenvalue weighted by atomic mass is 35.5. The molecule has 0 aliphatic carbocycles. The van der Waals surface area contributed by atoms with Gasteiger partial charge in [-0.05, 0) is 43.3 Å². The minimum absolute atomic E-state index is 0.0105. The molecule has 0 heterocycles. The van der Waals surface area contributed by atoms with Crippen LogP contribution in [0.1, 0.15) is 23.7 Å². The van der Waals surface area contributed by atoms with Gasteiger partial charge >= 0.3 is 0 Å². The van der Waals surface area contributed by atoms with E-state index in [9.17, 15) is 9.59 Å². The molecular formula is C17H16Cl2N2O2. The molecule has 0 fully saturated rings. The van der Waals surface area contributed by atoms with Crippen molar-refractivity contribution in [2.24, 2.45) is 0 Å². The van der Waals surface area contributed by atoms with Gasteiger partial charge in [0.1, 0.15) is 0 Å². The van der Waals surface area contributed by atoms with Crippen molar-refractivity contribution in [1.82, 2.24) is 0 Å². The van der Waals surface area contributed by atoms with Gasteiger partial charge in [-0.25, -0.2) is 0 Å². The standard InChI is InChI=1S/C17H16Cl2N2O2/c1-11(22)12-5-7-13(8-6-12)21-16(23)9-10-20-17-14(18)3-2-4-15(17)19/h2-8,20H,9-10H2,1H3,(H,21,23). The van der Waals surface area contributed by atoms with E-state index in [-0.39, 0.29) is 18.1 Å². The van der Waals surface area contributed by atoms with Gasteiger partial charge in [-0.15, -0.1) is 0 Å². The Bertz CT molecular complexity index is 695. The Balaban J connectivity index is 1.84. The molecule has 0 radical (unpaired) electrons. The maximum atomic E-state index is 11.9. The summed E-state index contributed by atoms with van der Waals surface area (Å²) in [5.41, 5.74) is 1.88. The maximum Gasteiger partial charge on any atom is 0.226 e. The number of carbonyl (C=O) groups excluding carboxylic acids is 2. The molecule has 120 valence electrons. The number of anilines is 2. The van der Waals surface area contributed by atoms with Crippen molar-refractivity contribution < 1.29 is 9.59 Å². The lowest BCUT2D eigenvalue weighted by molar-refractivity contribution is -0.115. The zero-order valence-electron chi connectivity index (χ0n) is 12.5. The minimum Gasteiger partial charge on any atom is -0.382 e. The van der Waals surface area contributed by atoms with Gasteiger partial charge in [-0.3, -0.25) is 9.59 Å². The van der Waals surface area contributed by atoms with Crippen molar-refractivity contribution in [1.29, 1.82) is 0 Å². The summed E-state index contributed by atoms with van der Waals surface area (Å²) >= 11 is 12.1. The van der Waals surface area contributed by atoms with Gasteiger partial charge in [-0.2, -0.15) is 0 Å². The molecule has 2 aromatic carbocycles. The fraction of sp³-hybridized carbons (Fsp3) is 0.176. The van der Waals surface area contributed by atoms with Crippen LogP contribution in [0.25, 0.3) is 0 Å². The number of benzene rings is 2. The highest BCUT2D eigenvalue weighted by Crippen LogP contribution is 2.29. The number of nitrogens with one attached hydrogen (secondary N) is 2. The molecule has 0 bridgehead atoms. The number of hydrogen-bond acceptors (Lipinski definition) is 3. The second-order valence-electron chi connectivity index (χ2n) is 4.96. The lowest BCUT2D eigenvalue weighted by atomic mass is 10.1. The van der Waals surface area contributed by atoms with Crippen molar-refractivity contribution >= 4 is 46.3 Å². The highest BCUT2D eigenvalue weighted by Gasteiger charge is 2.07. The number of rotatable bonds is 6. The molecule has 0 unspecified atom stereocenters. The van der Waals surface area contributed by atoms with E-state index in [1.807, 2.05) is 0 Å². The molecule has 0 aromatic heterocycles. The second kappa shape index (κ2) is 7.99. The van der Waals surface area contributed by atoms with E-state index in [2.05, 4.69) is 10.6 Å². The van der Waals surface area contributed by atoms with Gasteiger partial charge in [0, 0.05) is 24.2 Å². The number of para-hydroxylation sites is 1. The largest absolute Gasteiger partial charge is 0.382 e. The predicted molar refractivity (Wildman–Crippen MR) is 94.6 cm³/mol. The average molecular weight is 351 g/mol. The molecule has 0 spiro atoms. The summed E-state index contributed by atoms with van der Waals surface area (Å²) in [5, 5.41) is 6.84. The lowest BCUT2D eigenvalue weighted by Crippen LogP contribution is -2.16. The van der Waals surface area contributed by atoms with E-state index in [0.717, 1.165) is 0 Å². The van der Waals surface area contributed by atoms with Crippen LogP contribution in [0, 0.1) is 0 Å². The number of amides is 1. The lowest BCUT2D eigenvalue weighted by Gasteiger charge is -2.10. The molecule has 2 aromatic rings. The molecule has 4 nitrogen and oxygen atoms in total. The van der Waals surface area contributed by atoms with Gasteiger partial charge in [0.2, 0.25) is 5.91 Å². The summed E-state index contributed by atoms with van der Waals surface area (Å²) in [6.07, 6.45) is 0.260. The maximum absolute atomic E-state index is 11.9. The molecule has 6 heteroatoms. The quantitative estimate of drug-likeness (QED) is 0.746. The Morgan fingerprint density at radius 3 is 2.17 bits per heavy atom. The molecule has 23 heavy (non-hydrogen) atoms. The third kappa shape index (κ3) is 4.98. The summed E-state index contributed by atoms with van der Waals surface area (Å²) < 4.78 is 0. The third-order valence-electron chi connectivity index (χ3n) is 3.19. The first kappa shape index (κ1) is 17.3. The first-order chi connectivity index (χ1) is 11.0. The Hall–Kier alpha value is -2.04. The smallest absolute Gasteiger partial charge is 0.226 e. The highest BCUT2D eigenvalue weighted by molar-refractivity contribution is 6.39. The molecule has 0 aliphatic heterocycles. The number of hydrogen-bond donors (Lipinski definition) is 2. The van der Waals surface area contributed by atoms with Gasteiger partial charge in [0.15, 0.2) is 5.78 Å². The van der Waals surface area contributed by atoms with Crippen molar-refractivity contribution in [3.05, 3.63) is 58.1 Å². The van der Waals surface area contributed by atoms with Crippen LogP contribution >= 0.6 is 23.2 Å². The normalized spacial score (nSPS) is 10.2. The number of ketones is 1. The van der Waals surface area contributed by atoms with Gasteiger partial charge < -0.3 is 10.6 Å². The van der Waals surface area contributed by atoms with Crippen LogP contribution in [0.3, 0.4) is 0 Å². The molecule has 0 atom stereocenters. The third-order valence-corrected chi connectivity index (χ3v) is 3.82. The van der Waals surface area contributed by atoms with Crippen molar-refractivity contribution in [2.45, 2.75) is 13.3 Å². The fourth-order valence-corrected chi connectivity index (χ4v) is 2.51. The van der Waals surface area contributed by atoms with E-state index in [4.69, 9.17) is 23.2 Å². The van der Waals surface area contributed by atoms with Crippen LogP contribution in [0.2, 0.25) is 10.0 Å². The van der Waals surface area contributed by atoms with E-state index in [1.165, 1.54) is 6.92 Å². The summed E-state index contributed by atoms with van der Waals surface area (Å²) in [7, 11) is 0. The summed E-state index contributed by atoms with van der Waals surface area (Å²) in [4.78, 5) is 23.1. The topological polar surface area (TPSA) is 58.2 Å². The predicted octanol–water partition coefficient (Wildman–Crippen LogP) is 4.64. The van der Waals surface area contributed by atoms with Crippen LogP contribution in [0.15, 0.2) is 42.5 Å². The summed E-state index contributed by atoms with van der Waals surface area (Å²) in [6.45, 7) is 1.90.